The monoisotopic (exact) mass is 230 g/mol. The van der Waals surface area contributed by atoms with E-state index in [1.165, 1.54) is 16.7 Å². The van der Waals surface area contributed by atoms with E-state index in [0.717, 1.165) is 0 Å². The van der Waals surface area contributed by atoms with Crippen molar-refractivity contribution in [2.45, 2.75) is 0 Å². The first-order valence-corrected chi connectivity index (χ1v) is 6.44. The molecule has 0 fully saturated rings. The molecule has 0 heteroatoms. The predicted molar refractivity (Wildman–Crippen MR) is 75.9 cm³/mol. The molecular weight excluding hydrogens is 216 g/mol. The molecular formula is C18H14. The summed E-state index contributed by atoms with van der Waals surface area (Å²) in [5.74, 6) is 0.431. The van der Waals surface area contributed by atoms with E-state index < -0.39 is 0 Å². The van der Waals surface area contributed by atoms with Crippen molar-refractivity contribution in [2.24, 2.45) is 11.3 Å². The maximum Gasteiger partial charge on any atom is 0.0569 e. The normalized spacial score (nSPS) is 34.2. The smallest absolute Gasteiger partial charge is 0.0569 e. The Bertz CT molecular complexity index is 632. The Balaban J connectivity index is 2.02. The van der Waals surface area contributed by atoms with Crippen LogP contribution in [0.3, 0.4) is 0 Å². The maximum atomic E-state index is 2.39. The van der Waals surface area contributed by atoms with Crippen molar-refractivity contribution in [1.82, 2.24) is 0 Å². The molecule has 0 nitrogen and oxygen atoms in total. The average molecular weight is 230 g/mol. The van der Waals surface area contributed by atoms with Gasteiger partial charge in [0.15, 0.2) is 0 Å². The third kappa shape index (κ3) is 1.15. The standard InChI is InChI=1S/C18H14/c1-2-9-16-14(7-1)13-15-8-3-5-11-18(15)12-6-4-10-17(16)18/h1-14H. The molecule has 86 valence electrons. The van der Waals surface area contributed by atoms with Crippen LogP contribution >= 0.6 is 0 Å². The minimum absolute atomic E-state index is 0.0230. The van der Waals surface area contributed by atoms with Crippen LogP contribution in [0.1, 0.15) is 0 Å². The minimum atomic E-state index is -0.0230. The quantitative estimate of drug-likeness (QED) is 0.585. The summed E-state index contributed by atoms with van der Waals surface area (Å²) in [5.41, 5.74) is 4.23. The molecule has 0 saturated heterocycles. The molecule has 2 atom stereocenters. The van der Waals surface area contributed by atoms with E-state index in [2.05, 4.69) is 79.0 Å². The van der Waals surface area contributed by atoms with Crippen LogP contribution < -0.4 is 0 Å². The van der Waals surface area contributed by atoms with Gasteiger partial charge in [0.2, 0.25) is 0 Å². The van der Waals surface area contributed by atoms with E-state index in [0.29, 0.717) is 5.92 Å². The summed E-state index contributed by atoms with van der Waals surface area (Å²) in [5, 5.41) is 0. The van der Waals surface area contributed by atoms with Gasteiger partial charge in [-0.25, -0.2) is 0 Å². The number of hydrogen-bond acceptors (Lipinski definition) is 0. The first kappa shape index (κ1) is 9.90. The lowest BCUT2D eigenvalue weighted by atomic mass is 9.62. The van der Waals surface area contributed by atoms with Gasteiger partial charge in [0, 0.05) is 5.92 Å². The van der Waals surface area contributed by atoms with E-state index >= 15 is 0 Å². The lowest BCUT2D eigenvalue weighted by molar-refractivity contribution is 0.674. The van der Waals surface area contributed by atoms with Gasteiger partial charge in [0.1, 0.15) is 0 Å². The van der Waals surface area contributed by atoms with Crippen molar-refractivity contribution in [1.29, 1.82) is 0 Å². The Labute approximate surface area is 107 Å². The molecule has 1 spiro atoms. The fourth-order valence-electron chi connectivity index (χ4n) is 3.28. The van der Waals surface area contributed by atoms with Crippen LogP contribution in [0, 0.1) is 11.3 Å². The molecule has 0 aromatic carbocycles. The molecule has 0 N–H and O–H groups in total. The van der Waals surface area contributed by atoms with Crippen LogP contribution in [-0.4, -0.2) is 0 Å². The third-order valence-electron chi connectivity index (χ3n) is 4.14. The Morgan fingerprint density at radius 3 is 2.44 bits per heavy atom. The molecule has 4 aliphatic rings. The summed E-state index contributed by atoms with van der Waals surface area (Å²) >= 11 is 0. The molecule has 0 saturated carbocycles. The van der Waals surface area contributed by atoms with E-state index in [4.69, 9.17) is 0 Å². The highest BCUT2D eigenvalue weighted by Crippen LogP contribution is 2.50. The first-order valence-electron chi connectivity index (χ1n) is 6.44. The van der Waals surface area contributed by atoms with Gasteiger partial charge < -0.3 is 0 Å². The van der Waals surface area contributed by atoms with Crippen LogP contribution in [0.5, 0.6) is 0 Å². The molecule has 0 aromatic heterocycles. The summed E-state index contributed by atoms with van der Waals surface area (Å²) in [6.07, 6.45) is 28.9. The second-order valence-electron chi connectivity index (χ2n) is 5.07. The van der Waals surface area contributed by atoms with Crippen LogP contribution in [0.2, 0.25) is 0 Å². The zero-order valence-electron chi connectivity index (χ0n) is 10.1. The fraction of sp³-hybridized carbons (Fsp3) is 0.111. The maximum absolute atomic E-state index is 2.39. The second-order valence-corrected chi connectivity index (χ2v) is 5.07. The summed E-state index contributed by atoms with van der Waals surface area (Å²) in [7, 11) is 0. The summed E-state index contributed by atoms with van der Waals surface area (Å²) in [6.45, 7) is 0. The Morgan fingerprint density at radius 1 is 0.778 bits per heavy atom. The number of rotatable bonds is 0. The van der Waals surface area contributed by atoms with Gasteiger partial charge in [0.25, 0.3) is 0 Å². The van der Waals surface area contributed by atoms with Crippen molar-refractivity contribution in [2.75, 3.05) is 0 Å². The van der Waals surface area contributed by atoms with Gasteiger partial charge in [-0.15, -0.1) is 0 Å². The van der Waals surface area contributed by atoms with Crippen molar-refractivity contribution >= 4 is 0 Å². The summed E-state index contributed by atoms with van der Waals surface area (Å²) in [6, 6.07) is 0. The zero-order chi connectivity index (χ0) is 12.0. The minimum Gasteiger partial charge on any atom is -0.0732 e. The number of fused-ring (bicyclic) bond motifs is 1. The number of hydrogen-bond donors (Lipinski definition) is 0. The Morgan fingerprint density at radius 2 is 1.56 bits per heavy atom. The van der Waals surface area contributed by atoms with Gasteiger partial charge in [0.05, 0.1) is 5.41 Å². The first-order chi connectivity index (χ1) is 8.90. The zero-order valence-corrected chi connectivity index (χ0v) is 10.1. The molecule has 0 bridgehead atoms. The molecule has 0 aromatic rings. The van der Waals surface area contributed by atoms with E-state index in [-0.39, 0.29) is 5.41 Å². The van der Waals surface area contributed by atoms with E-state index in [9.17, 15) is 0 Å². The van der Waals surface area contributed by atoms with Gasteiger partial charge in [-0.1, -0.05) is 79.0 Å². The highest BCUT2D eigenvalue weighted by Gasteiger charge is 2.38. The van der Waals surface area contributed by atoms with Crippen molar-refractivity contribution in [3.8, 4) is 0 Å². The molecule has 2 unspecified atom stereocenters. The molecule has 0 radical (unpaired) electrons. The van der Waals surface area contributed by atoms with Crippen LogP contribution in [0.25, 0.3) is 0 Å². The molecule has 0 aliphatic heterocycles. The molecule has 4 rings (SSSR count). The molecule has 0 amide bonds. The highest BCUT2D eigenvalue weighted by atomic mass is 14.4. The van der Waals surface area contributed by atoms with E-state index in [1.807, 2.05) is 0 Å². The van der Waals surface area contributed by atoms with Crippen molar-refractivity contribution < 1.29 is 0 Å². The SMILES string of the molecule is C1=CC2=CC3C=CC=CC3=C3C=CC=CC23C=C1. The van der Waals surface area contributed by atoms with Crippen molar-refractivity contribution in [3.05, 3.63) is 95.7 Å². The Kier molecular flexibility index (Phi) is 1.90. The predicted octanol–water partition coefficient (Wildman–Crippen LogP) is 4.20. The van der Waals surface area contributed by atoms with Gasteiger partial charge in [-0.05, 0) is 16.7 Å². The van der Waals surface area contributed by atoms with Crippen LogP contribution in [0.15, 0.2) is 95.7 Å². The van der Waals surface area contributed by atoms with Crippen molar-refractivity contribution in [3.63, 3.8) is 0 Å². The van der Waals surface area contributed by atoms with E-state index in [1.54, 1.807) is 0 Å². The molecule has 18 heavy (non-hydrogen) atoms. The highest BCUT2D eigenvalue weighted by molar-refractivity contribution is 5.64. The topological polar surface area (TPSA) is 0 Å². The molecule has 0 heterocycles. The fourth-order valence-corrected chi connectivity index (χ4v) is 3.28. The Hall–Kier alpha value is -2.08. The molecule has 4 aliphatic carbocycles. The van der Waals surface area contributed by atoms with Gasteiger partial charge >= 0.3 is 0 Å². The second kappa shape index (κ2) is 3.46. The number of allylic oxidation sites excluding steroid dienone is 16. The lowest BCUT2D eigenvalue weighted by Gasteiger charge is -2.40. The van der Waals surface area contributed by atoms with Gasteiger partial charge in [-0.3, -0.25) is 0 Å². The lowest BCUT2D eigenvalue weighted by Crippen LogP contribution is -2.29. The van der Waals surface area contributed by atoms with Crippen LogP contribution in [0.4, 0.5) is 0 Å². The average Bonchev–Trinajstić information content (AvgIpc) is 2.44. The summed E-state index contributed by atoms with van der Waals surface area (Å²) < 4.78 is 0. The van der Waals surface area contributed by atoms with Crippen LogP contribution in [-0.2, 0) is 0 Å². The largest absolute Gasteiger partial charge is 0.0732 e. The van der Waals surface area contributed by atoms with Gasteiger partial charge in [-0.2, -0.15) is 0 Å². The summed E-state index contributed by atoms with van der Waals surface area (Å²) in [4.78, 5) is 0. The third-order valence-corrected chi connectivity index (χ3v) is 4.14.